The second-order valence-corrected chi connectivity index (χ2v) is 6.83. The molecule has 2 nitrogen and oxygen atoms in total. The summed E-state index contributed by atoms with van der Waals surface area (Å²) >= 11 is 0. The standard InChI is InChI=1S/C16H27NO/c1-15(2,3)13-9-12(7-8-14(13)18-6)10-16(4,5)11-17/h7-9H,10-11,17H2,1-6H3. The molecule has 0 aliphatic heterocycles. The topological polar surface area (TPSA) is 35.2 Å². The highest BCUT2D eigenvalue weighted by Crippen LogP contribution is 2.33. The van der Waals surface area contributed by atoms with E-state index in [4.69, 9.17) is 10.5 Å². The van der Waals surface area contributed by atoms with E-state index in [9.17, 15) is 0 Å². The van der Waals surface area contributed by atoms with Gasteiger partial charge in [-0.1, -0.05) is 46.8 Å². The van der Waals surface area contributed by atoms with E-state index in [1.165, 1.54) is 11.1 Å². The third kappa shape index (κ3) is 3.74. The number of rotatable bonds is 4. The zero-order valence-electron chi connectivity index (χ0n) is 12.6. The average molecular weight is 249 g/mol. The molecule has 2 heteroatoms. The Balaban J connectivity index is 3.11. The van der Waals surface area contributed by atoms with E-state index < -0.39 is 0 Å². The second kappa shape index (κ2) is 5.31. The van der Waals surface area contributed by atoms with Crippen molar-refractivity contribution in [3.63, 3.8) is 0 Å². The fraction of sp³-hybridized carbons (Fsp3) is 0.625. The highest BCUT2D eigenvalue weighted by molar-refractivity contribution is 5.41. The number of ether oxygens (including phenoxy) is 1. The molecule has 0 unspecified atom stereocenters. The van der Waals surface area contributed by atoms with Gasteiger partial charge < -0.3 is 10.5 Å². The van der Waals surface area contributed by atoms with E-state index in [2.05, 4.69) is 52.8 Å². The molecular weight excluding hydrogens is 222 g/mol. The second-order valence-electron chi connectivity index (χ2n) is 6.83. The quantitative estimate of drug-likeness (QED) is 0.886. The van der Waals surface area contributed by atoms with E-state index in [1.54, 1.807) is 7.11 Å². The number of hydrogen-bond acceptors (Lipinski definition) is 2. The molecule has 0 aromatic heterocycles. The van der Waals surface area contributed by atoms with Crippen LogP contribution in [-0.2, 0) is 11.8 Å². The van der Waals surface area contributed by atoms with Gasteiger partial charge in [-0.2, -0.15) is 0 Å². The first kappa shape index (κ1) is 15.0. The lowest BCUT2D eigenvalue weighted by molar-refractivity contribution is 0.374. The lowest BCUT2D eigenvalue weighted by atomic mass is 9.81. The van der Waals surface area contributed by atoms with Gasteiger partial charge in [-0.15, -0.1) is 0 Å². The van der Waals surface area contributed by atoms with E-state index >= 15 is 0 Å². The van der Waals surface area contributed by atoms with Crippen LogP contribution in [0.25, 0.3) is 0 Å². The molecule has 0 radical (unpaired) electrons. The van der Waals surface area contributed by atoms with Gasteiger partial charge in [-0.25, -0.2) is 0 Å². The third-order valence-electron chi connectivity index (χ3n) is 3.31. The molecule has 0 fully saturated rings. The fourth-order valence-corrected chi connectivity index (χ4v) is 2.08. The summed E-state index contributed by atoms with van der Waals surface area (Å²) in [7, 11) is 1.73. The van der Waals surface area contributed by atoms with Crippen molar-refractivity contribution in [1.29, 1.82) is 0 Å². The summed E-state index contributed by atoms with van der Waals surface area (Å²) in [5.74, 6) is 0.969. The van der Waals surface area contributed by atoms with Crippen LogP contribution in [-0.4, -0.2) is 13.7 Å². The average Bonchev–Trinajstić information content (AvgIpc) is 2.27. The van der Waals surface area contributed by atoms with Crippen molar-refractivity contribution in [3.8, 4) is 5.75 Å². The maximum absolute atomic E-state index is 5.81. The first-order chi connectivity index (χ1) is 8.19. The van der Waals surface area contributed by atoms with Gasteiger partial charge in [0.15, 0.2) is 0 Å². The lowest BCUT2D eigenvalue weighted by Gasteiger charge is -2.26. The summed E-state index contributed by atoms with van der Waals surface area (Å²) < 4.78 is 5.46. The van der Waals surface area contributed by atoms with Gasteiger partial charge in [0.2, 0.25) is 0 Å². The van der Waals surface area contributed by atoms with Crippen molar-refractivity contribution in [3.05, 3.63) is 29.3 Å². The van der Waals surface area contributed by atoms with Crippen molar-refractivity contribution >= 4 is 0 Å². The molecule has 1 aromatic rings. The fourth-order valence-electron chi connectivity index (χ4n) is 2.08. The largest absolute Gasteiger partial charge is 0.496 e. The third-order valence-corrected chi connectivity index (χ3v) is 3.31. The molecule has 0 saturated heterocycles. The summed E-state index contributed by atoms with van der Waals surface area (Å²) in [6, 6.07) is 6.48. The summed E-state index contributed by atoms with van der Waals surface area (Å²) in [6.45, 7) is 11.7. The SMILES string of the molecule is COc1ccc(CC(C)(C)CN)cc1C(C)(C)C. The minimum absolute atomic E-state index is 0.0915. The molecule has 0 amide bonds. The minimum atomic E-state index is 0.0915. The number of methoxy groups -OCH3 is 1. The van der Waals surface area contributed by atoms with Crippen LogP contribution in [0.5, 0.6) is 5.75 Å². The van der Waals surface area contributed by atoms with Crippen LogP contribution in [0.4, 0.5) is 0 Å². The number of hydrogen-bond donors (Lipinski definition) is 1. The molecule has 1 aromatic carbocycles. The first-order valence-electron chi connectivity index (χ1n) is 6.57. The first-order valence-corrected chi connectivity index (χ1v) is 6.57. The van der Waals surface area contributed by atoms with E-state index in [1.807, 2.05) is 0 Å². The zero-order valence-corrected chi connectivity index (χ0v) is 12.6. The Bertz CT molecular complexity index is 402. The van der Waals surface area contributed by atoms with Gasteiger partial charge in [0.05, 0.1) is 7.11 Å². The normalized spacial score (nSPS) is 12.6. The molecular formula is C16H27NO. The molecule has 0 aliphatic carbocycles. The lowest BCUT2D eigenvalue weighted by Crippen LogP contribution is -2.26. The Morgan fingerprint density at radius 2 is 1.72 bits per heavy atom. The van der Waals surface area contributed by atoms with Crippen LogP contribution >= 0.6 is 0 Å². The van der Waals surface area contributed by atoms with Crippen molar-refractivity contribution in [2.24, 2.45) is 11.1 Å². The Kier molecular flexibility index (Phi) is 4.44. The molecule has 0 atom stereocenters. The maximum Gasteiger partial charge on any atom is 0.122 e. The monoisotopic (exact) mass is 249 g/mol. The zero-order chi connectivity index (χ0) is 14.0. The van der Waals surface area contributed by atoms with Crippen LogP contribution < -0.4 is 10.5 Å². The molecule has 1 rings (SSSR count). The van der Waals surface area contributed by atoms with E-state index in [-0.39, 0.29) is 10.8 Å². The van der Waals surface area contributed by atoms with Crippen molar-refractivity contribution in [2.75, 3.05) is 13.7 Å². The summed E-state index contributed by atoms with van der Waals surface area (Å²) in [5.41, 5.74) is 8.63. The minimum Gasteiger partial charge on any atom is -0.496 e. The van der Waals surface area contributed by atoms with Crippen LogP contribution in [0.3, 0.4) is 0 Å². The molecule has 0 bridgehead atoms. The van der Waals surface area contributed by atoms with Gasteiger partial charge in [-0.05, 0) is 41.0 Å². The maximum atomic E-state index is 5.81. The van der Waals surface area contributed by atoms with Crippen LogP contribution in [0, 0.1) is 5.41 Å². The van der Waals surface area contributed by atoms with Crippen molar-refractivity contribution in [2.45, 2.75) is 46.5 Å². The van der Waals surface area contributed by atoms with E-state index in [0.717, 1.165) is 12.2 Å². The Morgan fingerprint density at radius 1 is 1.11 bits per heavy atom. The molecule has 0 spiro atoms. The number of nitrogens with two attached hydrogens (primary N) is 1. The summed E-state index contributed by atoms with van der Waals surface area (Å²) in [5, 5.41) is 0. The molecule has 0 heterocycles. The predicted molar refractivity (Wildman–Crippen MR) is 78.2 cm³/mol. The highest BCUT2D eigenvalue weighted by Gasteiger charge is 2.21. The highest BCUT2D eigenvalue weighted by atomic mass is 16.5. The van der Waals surface area contributed by atoms with Crippen LogP contribution in [0.2, 0.25) is 0 Å². The Labute approximate surface area is 112 Å². The molecule has 18 heavy (non-hydrogen) atoms. The van der Waals surface area contributed by atoms with Crippen molar-refractivity contribution in [1.82, 2.24) is 0 Å². The summed E-state index contributed by atoms with van der Waals surface area (Å²) in [4.78, 5) is 0. The molecule has 102 valence electrons. The van der Waals surface area contributed by atoms with Gasteiger partial charge in [0, 0.05) is 0 Å². The van der Waals surface area contributed by atoms with Crippen LogP contribution in [0.1, 0.15) is 45.7 Å². The molecule has 0 saturated carbocycles. The van der Waals surface area contributed by atoms with Gasteiger partial charge in [0.25, 0.3) is 0 Å². The molecule has 2 N–H and O–H groups in total. The van der Waals surface area contributed by atoms with Gasteiger partial charge in [-0.3, -0.25) is 0 Å². The Hall–Kier alpha value is -1.02. The van der Waals surface area contributed by atoms with Gasteiger partial charge >= 0.3 is 0 Å². The Morgan fingerprint density at radius 3 is 2.17 bits per heavy atom. The van der Waals surface area contributed by atoms with E-state index in [0.29, 0.717) is 6.54 Å². The van der Waals surface area contributed by atoms with Crippen LogP contribution in [0.15, 0.2) is 18.2 Å². The summed E-state index contributed by atoms with van der Waals surface area (Å²) in [6.07, 6.45) is 0.997. The number of benzene rings is 1. The molecule has 0 aliphatic rings. The smallest absolute Gasteiger partial charge is 0.122 e. The van der Waals surface area contributed by atoms with Crippen molar-refractivity contribution < 1.29 is 4.74 Å². The van der Waals surface area contributed by atoms with Gasteiger partial charge in [0.1, 0.15) is 5.75 Å². The predicted octanol–water partition coefficient (Wildman–Crippen LogP) is 3.52.